The quantitative estimate of drug-likeness (QED) is 0.592. The van der Waals surface area contributed by atoms with E-state index in [4.69, 9.17) is 0 Å². The highest BCUT2D eigenvalue weighted by atomic mass is 32.1. The molecule has 0 atom stereocenters. The lowest BCUT2D eigenvalue weighted by atomic mass is 10.1. The molecule has 1 saturated heterocycles. The molecule has 11 heteroatoms. The van der Waals surface area contributed by atoms with Crippen molar-refractivity contribution in [2.24, 2.45) is 0 Å². The lowest BCUT2D eigenvalue weighted by Crippen LogP contribution is -2.50. The maximum absolute atomic E-state index is 13.1. The van der Waals surface area contributed by atoms with Crippen LogP contribution in [0.25, 0.3) is 9.88 Å². The van der Waals surface area contributed by atoms with Crippen LogP contribution in [0.2, 0.25) is 0 Å². The summed E-state index contributed by atoms with van der Waals surface area (Å²) in [6.07, 6.45) is -4.55. The molecule has 1 aliphatic rings. The van der Waals surface area contributed by atoms with Gasteiger partial charge in [-0.2, -0.15) is 13.2 Å². The van der Waals surface area contributed by atoms with Crippen LogP contribution >= 0.6 is 22.7 Å². The molecule has 1 aliphatic heterocycles. The number of halogens is 3. The summed E-state index contributed by atoms with van der Waals surface area (Å²) in [7, 11) is 0. The predicted molar refractivity (Wildman–Crippen MR) is 118 cm³/mol. The molecule has 0 spiro atoms. The third kappa shape index (κ3) is 5.17. The van der Waals surface area contributed by atoms with Crippen molar-refractivity contribution in [1.29, 1.82) is 0 Å². The third-order valence-electron chi connectivity index (χ3n) is 4.99. The number of anilines is 1. The summed E-state index contributed by atoms with van der Waals surface area (Å²) in [6, 6.07) is 8.77. The van der Waals surface area contributed by atoms with Gasteiger partial charge in [-0.15, -0.1) is 22.7 Å². The molecule has 0 aliphatic carbocycles. The zero-order chi connectivity index (χ0) is 22.7. The molecule has 0 bridgehead atoms. The molecule has 6 nitrogen and oxygen atoms in total. The number of nitrogens with one attached hydrogen (secondary N) is 1. The van der Waals surface area contributed by atoms with Gasteiger partial charge in [0.05, 0.1) is 22.7 Å². The Morgan fingerprint density at radius 3 is 2.47 bits per heavy atom. The number of thiophene rings is 1. The first-order valence-corrected chi connectivity index (χ1v) is 11.5. The van der Waals surface area contributed by atoms with E-state index in [2.05, 4.69) is 10.3 Å². The molecule has 168 valence electrons. The Balaban J connectivity index is 1.30. The minimum Gasteiger partial charge on any atom is -0.335 e. The molecule has 2 aromatic heterocycles. The summed E-state index contributed by atoms with van der Waals surface area (Å²) in [5.41, 5.74) is -0.744. The number of piperazine rings is 1. The highest BCUT2D eigenvalue weighted by molar-refractivity contribution is 7.20. The third-order valence-corrected chi connectivity index (χ3v) is 6.87. The molecular weight excluding hydrogens is 461 g/mol. The van der Waals surface area contributed by atoms with Crippen molar-refractivity contribution in [3.63, 3.8) is 0 Å². The Hall–Kier alpha value is -2.76. The van der Waals surface area contributed by atoms with Gasteiger partial charge < -0.3 is 10.2 Å². The van der Waals surface area contributed by atoms with E-state index in [1.54, 1.807) is 21.6 Å². The smallest absolute Gasteiger partial charge is 0.335 e. The van der Waals surface area contributed by atoms with Gasteiger partial charge in [0.2, 0.25) is 5.91 Å². The second-order valence-electron chi connectivity index (χ2n) is 7.18. The van der Waals surface area contributed by atoms with E-state index >= 15 is 0 Å². The summed E-state index contributed by atoms with van der Waals surface area (Å²) in [5.74, 6) is -0.686. The van der Waals surface area contributed by atoms with Gasteiger partial charge in [0.1, 0.15) is 10.7 Å². The number of carbonyl (C=O) groups is 2. The zero-order valence-electron chi connectivity index (χ0n) is 16.8. The van der Waals surface area contributed by atoms with Crippen molar-refractivity contribution in [1.82, 2.24) is 14.8 Å². The van der Waals surface area contributed by atoms with Crippen LogP contribution in [-0.2, 0) is 11.0 Å². The van der Waals surface area contributed by atoms with Crippen molar-refractivity contribution in [3.05, 3.63) is 58.4 Å². The van der Waals surface area contributed by atoms with E-state index in [0.29, 0.717) is 31.9 Å². The lowest BCUT2D eigenvalue weighted by molar-refractivity contribution is -0.137. The first-order chi connectivity index (χ1) is 15.3. The fourth-order valence-electron chi connectivity index (χ4n) is 3.39. The lowest BCUT2D eigenvalue weighted by Gasteiger charge is -2.34. The molecule has 3 heterocycles. The minimum absolute atomic E-state index is 0.0482. The molecule has 0 saturated carbocycles. The second-order valence-corrected chi connectivity index (χ2v) is 8.98. The topological polar surface area (TPSA) is 65.5 Å². The van der Waals surface area contributed by atoms with Gasteiger partial charge in [0, 0.05) is 31.6 Å². The maximum atomic E-state index is 13.1. The van der Waals surface area contributed by atoms with Crippen molar-refractivity contribution >= 4 is 40.2 Å². The van der Waals surface area contributed by atoms with Crippen LogP contribution < -0.4 is 5.32 Å². The van der Waals surface area contributed by atoms with Crippen LogP contribution in [-0.4, -0.2) is 59.3 Å². The Bertz CT molecular complexity index is 1090. The van der Waals surface area contributed by atoms with E-state index < -0.39 is 17.6 Å². The highest BCUT2D eigenvalue weighted by Gasteiger charge is 2.33. The standard InChI is InChI=1S/C21H19F3N4O2S2/c22-21(23,24)14-4-1-2-5-15(14)25-18(29)12-27-7-9-28(10-8-27)20(30)16-13-32-19(26-16)17-6-3-11-31-17/h1-6,11,13H,7-10,12H2,(H,25,29). The molecule has 0 radical (unpaired) electrons. The van der Waals surface area contributed by atoms with Crippen LogP contribution in [0.4, 0.5) is 18.9 Å². The van der Waals surface area contributed by atoms with Crippen molar-refractivity contribution in [2.75, 3.05) is 38.0 Å². The van der Waals surface area contributed by atoms with Gasteiger partial charge in [0.15, 0.2) is 0 Å². The number of carbonyl (C=O) groups excluding carboxylic acids is 2. The van der Waals surface area contributed by atoms with E-state index in [1.165, 1.54) is 29.5 Å². The Labute approximate surface area is 190 Å². The van der Waals surface area contributed by atoms with Crippen molar-refractivity contribution in [2.45, 2.75) is 6.18 Å². The van der Waals surface area contributed by atoms with Crippen LogP contribution in [0.5, 0.6) is 0 Å². The number of hydrogen-bond donors (Lipinski definition) is 1. The number of aromatic nitrogens is 1. The SMILES string of the molecule is O=C(CN1CCN(C(=O)c2csc(-c3cccs3)n2)CC1)Nc1ccccc1C(F)(F)F. The molecule has 2 amide bonds. The summed E-state index contributed by atoms with van der Waals surface area (Å²) in [4.78, 5) is 34.0. The molecule has 0 unspecified atom stereocenters. The second kappa shape index (κ2) is 9.39. The first kappa shape index (κ1) is 22.4. The van der Waals surface area contributed by atoms with E-state index in [1.807, 2.05) is 22.4 Å². The number of rotatable bonds is 5. The fraction of sp³-hybridized carbons (Fsp3) is 0.286. The average molecular weight is 481 g/mol. The molecule has 1 N–H and O–H groups in total. The van der Waals surface area contributed by atoms with E-state index in [-0.39, 0.29) is 18.1 Å². The fourth-order valence-corrected chi connectivity index (χ4v) is 5.00. The molecule has 4 rings (SSSR count). The minimum atomic E-state index is -4.55. The normalized spacial score (nSPS) is 15.0. The Morgan fingerprint density at radius 1 is 1.03 bits per heavy atom. The average Bonchev–Trinajstić information content (AvgIpc) is 3.45. The summed E-state index contributed by atoms with van der Waals surface area (Å²) >= 11 is 2.98. The Kier molecular flexibility index (Phi) is 6.58. The first-order valence-electron chi connectivity index (χ1n) is 9.78. The number of thiazole rings is 1. The van der Waals surface area contributed by atoms with Gasteiger partial charge in [-0.05, 0) is 23.6 Å². The number of para-hydroxylation sites is 1. The highest BCUT2D eigenvalue weighted by Crippen LogP contribution is 2.34. The predicted octanol–water partition coefficient (Wildman–Crippen LogP) is 4.29. The molecule has 32 heavy (non-hydrogen) atoms. The number of hydrogen-bond acceptors (Lipinski definition) is 6. The van der Waals surface area contributed by atoms with Gasteiger partial charge in [-0.25, -0.2) is 4.98 Å². The molecule has 1 fully saturated rings. The van der Waals surface area contributed by atoms with Crippen molar-refractivity contribution < 1.29 is 22.8 Å². The van der Waals surface area contributed by atoms with Crippen molar-refractivity contribution in [3.8, 4) is 9.88 Å². The summed E-state index contributed by atoms with van der Waals surface area (Å²) in [6.45, 7) is 1.67. The number of benzene rings is 1. The monoisotopic (exact) mass is 480 g/mol. The van der Waals surface area contributed by atoms with E-state index in [9.17, 15) is 22.8 Å². The largest absolute Gasteiger partial charge is 0.418 e. The van der Waals surface area contributed by atoms with Crippen LogP contribution in [0.1, 0.15) is 16.1 Å². The van der Waals surface area contributed by atoms with E-state index in [0.717, 1.165) is 16.0 Å². The number of alkyl halides is 3. The van der Waals surface area contributed by atoms with Crippen LogP contribution in [0, 0.1) is 0 Å². The molecule has 3 aromatic rings. The number of nitrogens with zero attached hydrogens (tertiary/aromatic N) is 3. The zero-order valence-corrected chi connectivity index (χ0v) is 18.4. The number of amides is 2. The molecular formula is C21H19F3N4O2S2. The Morgan fingerprint density at radius 2 is 1.78 bits per heavy atom. The van der Waals surface area contributed by atoms with Crippen LogP contribution in [0.15, 0.2) is 47.2 Å². The summed E-state index contributed by atoms with van der Waals surface area (Å²) in [5, 5.41) is 6.85. The maximum Gasteiger partial charge on any atom is 0.418 e. The summed E-state index contributed by atoms with van der Waals surface area (Å²) < 4.78 is 39.3. The molecule has 1 aromatic carbocycles. The van der Waals surface area contributed by atoms with Gasteiger partial charge >= 0.3 is 6.18 Å². The van der Waals surface area contributed by atoms with Crippen LogP contribution in [0.3, 0.4) is 0 Å². The van der Waals surface area contributed by atoms with Gasteiger partial charge in [-0.1, -0.05) is 18.2 Å². The van der Waals surface area contributed by atoms with Gasteiger partial charge in [0.25, 0.3) is 5.91 Å². The van der Waals surface area contributed by atoms with Gasteiger partial charge in [-0.3, -0.25) is 14.5 Å².